The molecule has 2 aliphatic rings. The Morgan fingerprint density at radius 1 is 1.07 bits per heavy atom. The molecule has 152 valence electrons. The van der Waals surface area contributed by atoms with Crippen LogP contribution < -0.4 is 5.32 Å². The number of carbonyl (C=O) groups excluding carboxylic acids is 1. The van der Waals surface area contributed by atoms with Crippen LogP contribution in [0.2, 0.25) is 0 Å². The van der Waals surface area contributed by atoms with Crippen LogP contribution >= 0.6 is 0 Å². The molecule has 30 heavy (non-hydrogen) atoms. The molecule has 3 atom stereocenters. The Bertz CT molecular complexity index is 1070. The molecule has 2 bridgehead atoms. The molecule has 0 aromatic carbocycles. The summed E-state index contributed by atoms with van der Waals surface area (Å²) < 4.78 is 0. The molecule has 0 spiro atoms. The number of carbonyl (C=O) groups is 1. The number of fused-ring (bicyclic) bond motifs is 2. The van der Waals surface area contributed by atoms with Crippen molar-refractivity contribution in [1.29, 1.82) is 0 Å². The summed E-state index contributed by atoms with van der Waals surface area (Å²) in [6, 6.07) is 9.90. The molecule has 5 rings (SSSR count). The van der Waals surface area contributed by atoms with E-state index in [9.17, 15) is 4.79 Å². The van der Waals surface area contributed by atoms with E-state index in [0.29, 0.717) is 23.0 Å². The number of aromatic nitrogens is 4. The Kier molecular flexibility index (Phi) is 4.65. The zero-order valence-electron chi connectivity index (χ0n) is 17.1. The lowest BCUT2D eigenvalue weighted by Gasteiger charge is -2.34. The third-order valence-corrected chi connectivity index (χ3v) is 6.03. The van der Waals surface area contributed by atoms with Crippen molar-refractivity contribution in [3.05, 3.63) is 65.7 Å². The molecule has 1 aliphatic heterocycles. The minimum atomic E-state index is 0.000758. The van der Waals surface area contributed by atoms with Crippen LogP contribution in [-0.2, 0) is 0 Å². The number of likely N-dealkylation sites (tertiary alicyclic amines) is 1. The maximum Gasteiger partial charge on any atom is 0.256 e. The fourth-order valence-corrected chi connectivity index (χ4v) is 4.63. The highest BCUT2D eigenvalue weighted by Crippen LogP contribution is 2.40. The van der Waals surface area contributed by atoms with Crippen LogP contribution in [0.1, 0.15) is 34.5 Å². The summed E-state index contributed by atoms with van der Waals surface area (Å²) in [5.41, 5.74) is 3.08. The van der Waals surface area contributed by atoms with E-state index in [-0.39, 0.29) is 18.0 Å². The third-order valence-electron chi connectivity index (χ3n) is 6.03. The van der Waals surface area contributed by atoms with Gasteiger partial charge in [0, 0.05) is 36.9 Å². The number of amides is 1. The normalized spacial score (nSPS) is 22.3. The molecule has 3 unspecified atom stereocenters. The lowest BCUT2D eigenvalue weighted by molar-refractivity contribution is 0.0692. The molecule has 1 amide bonds. The summed E-state index contributed by atoms with van der Waals surface area (Å²) in [4.78, 5) is 33.3. The zero-order chi connectivity index (χ0) is 20.7. The quantitative estimate of drug-likeness (QED) is 0.724. The number of anilines is 1. The Hall–Kier alpha value is -3.35. The van der Waals surface area contributed by atoms with Crippen LogP contribution in [0, 0.1) is 19.8 Å². The summed E-state index contributed by atoms with van der Waals surface area (Å²) in [5, 5.41) is 3.55. The summed E-state index contributed by atoms with van der Waals surface area (Å²) in [6.45, 7) is 4.72. The first-order chi connectivity index (χ1) is 14.6. The second kappa shape index (κ2) is 7.48. The van der Waals surface area contributed by atoms with Gasteiger partial charge in [0.05, 0.1) is 11.6 Å². The van der Waals surface area contributed by atoms with Crippen molar-refractivity contribution in [1.82, 2.24) is 24.8 Å². The molecule has 1 saturated heterocycles. The van der Waals surface area contributed by atoms with Gasteiger partial charge < -0.3 is 10.2 Å². The molecule has 1 N–H and O–H groups in total. The predicted octanol–water partition coefficient (Wildman–Crippen LogP) is 3.27. The highest BCUT2D eigenvalue weighted by molar-refractivity contribution is 5.99. The first kappa shape index (κ1) is 18.7. The second-order valence-electron chi connectivity index (χ2n) is 8.26. The molecule has 0 radical (unpaired) electrons. The number of piperidine rings is 1. The van der Waals surface area contributed by atoms with Crippen molar-refractivity contribution >= 4 is 11.7 Å². The Labute approximate surface area is 175 Å². The average Bonchev–Trinajstić information content (AvgIpc) is 3.36. The van der Waals surface area contributed by atoms with Crippen LogP contribution in [0.15, 0.2) is 48.9 Å². The topological polar surface area (TPSA) is 83.9 Å². The Balaban J connectivity index is 1.41. The molecular formula is C23H24N6O. The van der Waals surface area contributed by atoms with E-state index in [4.69, 9.17) is 0 Å². The SMILES string of the molecule is Cc1ccc(NC2CC3CC2N(C(=O)c2ccc(C)nc2-c2ncccn2)C3)nc1. The van der Waals surface area contributed by atoms with Gasteiger partial charge in [0.15, 0.2) is 5.82 Å². The van der Waals surface area contributed by atoms with E-state index in [0.717, 1.165) is 36.5 Å². The number of hydrogen-bond acceptors (Lipinski definition) is 6. The highest BCUT2D eigenvalue weighted by Gasteiger charge is 2.47. The van der Waals surface area contributed by atoms with Crippen LogP contribution in [-0.4, -0.2) is 49.4 Å². The lowest BCUT2D eigenvalue weighted by atomic mass is 10.0. The average molecular weight is 400 g/mol. The highest BCUT2D eigenvalue weighted by atomic mass is 16.2. The number of aryl methyl sites for hydroxylation is 2. The molecule has 7 nitrogen and oxygen atoms in total. The molecule has 4 heterocycles. The maximum absolute atomic E-state index is 13.6. The molecule has 7 heteroatoms. The van der Waals surface area contributed by atoms with Crippen molar-refractivity contribution in [2.24, 2.45) is 5.92 Å². The van der Waals surface area contributed by atoms with E-state index in [1.165, 1.54) is 0 Å². The summed E-state index contributed by atoms with van der Waals surface area (Å²) in [5.74, 6) is 1.85. The van der Waals surface area contributed by atoms with Gasteiger partial charge in [-0.05, 0) is 62.4 Å². The number of nitrogens with zero attached hydrogens (tertiary/aromatic N) is 5. The van der Waals surface area contributed by atoms with Gasteiger partial charge in [-0.25, -0.2) is 19.9 Å². The lowest BCUT2D eigenvalue weighted by Crippen LogP contribution is -2.48. The van der Waals surface area contributed by atoms with Crippen molar-refractivity contribution in [2.45, 2.75) is 38.8 Å². The van der Waals surface area contributed by atoms with E-state index >= 15 is 0 Å². The predicted molar refractivity (Wildman–Crippen MR) is 114 cm³/mol. The van der Waals surface area contributed by atoms with Gasteiger partial charge in [0.1, 0.15) is 11.5 Å². The minimum absolute atomic E-state index is 0.000758. The van der Waals surface area contributed by atoms with Crippen molar-refractivity contribution in [3.63, 3.8) is 0 Å². The van der Waals surface area contributed by atoms with Gasteiger partial charge in [0.2, 0.25) is 0 Å². The fourth-order valence-electron chi connectivity index (χ4n) is 4.63. The number of hydrogen-bond donors (Lipinski definition) is 1. The van der Waals surface area contributed by atoms with E-state index in [2.05, 4.69) is 31.3 Å². The molecule has 1 aliphatic carbocycles. The second-order valence-corrected chi connectivity index (χ2v) is 8.26. The third kappa shape index (κ3) is 3.40. The van der Waals surface area contributed by atoms with Gasteiger partial charge in [-0.15, -0.1) is 0 Å². The fraction of sp³-hybridized carbons (Fsp3) is 0.348. The van der Waals surface area contributed by atoms with Gasteiger partial charge >= 0.3 is 0 Å². The zero-order valence-corrected chi connectivity index (χ0v) is 17.1. The first-order valence-electron chi connectivity index (χ1n) is 10.3. The Morgan fingerprint density at radius 2 is 1.90 bits per heavy atom. The van der Waals surface area contributed by atoms with Gasteiger partial charge in [-0.2, -0.15) is 0 Å². The van der Waals surface area contributed by atoms with E-state index in [1.54, 1.807) is 18.5 Å². The molecule has 1 saturated carbocycles. The van der Waals surface area contributed by atoms with E-state index in [1.807, 2.05) is 43.1 Å². The van der Waals surface area contributed by atoms with Crippen molar-refractivity contribution in [2.75, 3.05) is 11.9 Å². The number of rotatable bonds is 4. The number of pyridine rings is 2. The van der Waals surface area contributed by atoms with Gasteiger partial charge in [-0.1, -0.05) is 6.07 Å². The van der Waals surface area contributed by atoms with Crippen molar-refractivity contribution < 1.29 is 4.79 Å². The molecule has 3 aromatic rings. The van der Waals surface area contributed by atoms with Gasteiger partial charge in [0.25, 0.3) is 5.91 Å². The Morgan fingerprint density at radius 3 is 2.63 bits per heavy atom. The molecule has 2 fully saturated rings. The minimum Gasteiger partial charge on any atom is -0.365 e. The van der Waals surface area contributed by atoms with Gasteiger partial charge in [-0.3, -0.25) is 4.79 Å². The van der Waals surface area contributed by atoms with Crippen LogP contribution in [0.25, 0.3) is 11.5 Å². The van der Waals surface area contributed by atoms with Crippen LogP contribution in [0.5, 0.6) is 0 Å². The summed E-state index contributed by atoms with van der Waals surface area (Å²) in [6.07, 6.45) is 7.29. The van der Waals surface area contributed by atoms with Crippen molar-refractivity contribution in [3.8, 4) is 11.5 Å². The standard InChI is InChI=1S/C23H24N6O/c1-14-4-7-20(26-12-14)28-18-10-16-11-19(18)29(13-16)23(30)17-6-5-15(2)27-21(17)22-24-8-3-9-25-22/h3-9,12,16,18-19H,10-11,13H2,1-2H3,(H,26,28). The maximum atomic E-state index is 13.6. The van der Waals surface area contributed by atoms with E-state index < -0.39 is 0 Å². The smallest absolute Gasteiger partial charge is 0.256 e. The molecule has 3 aromatic heterocycles. The van der Waals surface area contributed by atoms with Crippen LogP contribution in [0.4, 0.5) is 5.82 Å². The summed E-state index contributed by atoms with van der Waals surface area (Å²) >= 11 is 0. The number of nitrogens with one attached hydrogen (secondary N) is 1. The molecular weight excluding hydrogens is 376 g/mol. The monoisotopic (exact) mass is 400 g/mol. The largest absolute Gasteiger partial charge is 0.365 e. The van der Waals surface area contributed by atoms with Crippen LogP contribution in [0.3, 0.4) is 0 Å². The summed E-state index contributed by atoms with van der Waals surface area (Å²) in [7, 11) is 0. The first-order valence-corrected chi connectivity index (χ1v) is 10.3.